The van der Waals surface area contributed by atoms with Gasteiger partial charge in [-0.2, -0.15) is 4.99 Å². The van der Waals surface area contributed by atoms with Crippen molar-refractivity contribution in [3.05, 3.63) is 89.2 Å². The highest BCUT2D eigenvalue weighted by Crippen LogP contribution is 2.33. The monoisotopic (exact) mass is 636 g/mol. The Kier molecular flexibility index (Phi) is 9.28. The number of hydrogen-bond acceptors (Lipinski definition) is 6. The maximum absolute atomic E-state index is 12.8. The number of ether oxygens (including phenoxy) is 1. The van der Waals surface area contributed by atoms with Crippen LogP contribution in [0.25, 0.3) is 17.1 Å². The minimum atomic E-state index is -4.75. The molecule has 0 spiro atoms. The lowest BCUT2D eigenvalue weighted by Crippen LogP contribution is -2.35. The molecular formula is C32H31F3N6O3S. The van der Waals surface area contributed by atoms with E-state index in [1.165, 1.54) is 47.0 Å². The van der Waals surface area contributed by atoms with Gasteiger partial charge in [0.2, 0.25) is 5.91 Å². The first-order valence-corrected chi connectivity index (χ1v) is 15.1. The average Bonchev–Trinajstić information content (AvgIpc) is 3.59. The van der Waals surface area contributed by atoms with Crippen molar-refractivity contribution in [3.63, 3.8) is 0 Å². The van der Waals surface area contributed by atoms with Crippen LogP contribution in [0, 0.1) is 20.8 Å². The van der Waals surface area contributed by atoms with E-state index in [2.05, 4.69) is 25.1 Å². The number of aromatic nitrogens is 3. The number of aliphatic imine (C=N–C) groups is 1. The van der Waals surface area contributed by atoms with E-state index >= 15 is 0 Å². The number of rotatable bonds is 8. The number of anilines is 1. The lowest BCUT2D eigenvalue weighted by atomic mass is 10.0. The molecule has 0 aliphatic carbocycles. The van der Waals surface area contributed by atoms with Crippen LogP contribution in [-0.2, 0) is 11.2 Å². The molecule has 1 atom stereocenters. The number of nitrogens with zero attached hydrogens (tertiary/aromatic N) is 5. The fourth-order valence-electron chi connectivity index (χ4n) is 5.12. The SMILES string of the molecule is Cc1cc(C)c(N2C(=O)CSC2=NC(=O)NC(C)CCc2ccc(-c3ncn(-c4ccc(OC(F)(F)F)cc4)n3)cc2)c(C)c1. The molecule has 3 amide bonds. The molecule has 13 heteroatoms. The van der Waals surface area contributed by atoms with Crippen molar-refractivity contribution in [1.82, 2.24) is 20.1 Å². The Morgan fingerprint density at radius 3 is 2.38 bits per heavy atom. The van der Waals surface area contributed by atoms with E-state index in [4.69, 9.17) is 0 Å². The lowest BCUT2D eigenvalue weighted by molar-refractivity contribution is -0.274. The maximum atomic E-state index is 12.8. The molecule has 0 saturated carbocycles. The fourth-order valence-corrected chi connectivity index (χ4v) is 5.97. The number of carbonyl (C=O) groups excluding carboxylic acids is 2. The predicted molar refractivity (Wildman–Crippen MR) is 168 cm³/mol. The van der Waals surface area contributed by atoms with Gasteiger partial charge in [0.15, 0.2) is 11.0 Å². The molecule has 9 nitrogen and oxygen atoms in total. The lowest BCUT2D eigenvalue weighted by Gasteiger charge is -2.21. The molecule has 3 aromatic carbocycles. The number of amides is 3. The number of benzene rings is 3. The second kappa shape index (κ2) is 13.1. The minimum absolute atomic E-state index is 0.103. The van der Waals surface area contributed by atoms with Gasteiger partial charge in [-0.15, -0.1) is 18.3 Å². The van der Waals surface area contributed by atoms with Crippen LogP contribution in [-0.4, -0.2) is 50.0 Å². The standard InChI is InChI=1S/C32H31F3N6O3S/c1-19-15-20(2)28(21(3)16-19)41-27(42)17-45-31(41)38-30(43)37-22(4)5-6-23-7-9-24(10-8-23)29-36-18-40(39-29)25-11-13-26(14-12-25)44-32(33,34)35/h7-16,18,22H,5-6,17H2,1-4H3,(H,37,43). The van der Waals surface area contributed by atoms with Gasteiger partial charge in [-0.05, 0) is 81.5 Å². The molecule has 1 unspecified atom stereocenters. The Balaban J connectivity index is 1.15. The summed E-state index contributed by atoms with van der Waals surface area (Å²) in [6.45, 7) is 7.81. The topological polar surface area (TPSA) is 102 Å². The van der Waals surface area contributed by atoms with Gasteiger partial charge in [-0.3, -0.25) is 9.69 Å². The Hall–Kier alpha value is -4.65. The number of urea groups is 1. The first kappa shape index (κ1) is 31.8. The Morgan fingerprint density at radius 2 is 1.73 bits per heavy atom. The number of alkyl halides is 3. The normalized spacial score (nSPS) is 15.0. The minimum Gasteiger partial charge on any atom is -0.406 e. The molecule has 5 rings (SSSR count). The van der Waals surface area contributed by atoms with Crippen LogP contribution in [0.5, 0.6) is 5.75 Å². The molecular weight excluding hydrogens is 605 g/mol. The zero-order valence-corrected chi connectivity index (χ0v) is 25.9. The smallest absolute Gasteiger partial charge is 0.406 e. The summed E-state index contributed by atoms with van der Waals surface area (Å²) in [5.74, 6) is 0.274. The van der Waals surface area contributed by atoms with E-state index in [0.29, 0.717) is 29.5 Å². The van der Waals surface area contributed by atoms with Gasteiger partial charge in [0.1, 0.15) is 12.1 Å². The average molecular weight is 637 g/mol. The molecule has 1 saturated heterocycles. The number of amidine groups is 1. The molecule has 1 aliphatic rings. The highest BCUT2D eigenvalue weighted by Gasteiger charge is 2.33. The van der Waals surface area contributed by atoms with E-state index in [9.17, 15) is 22.8 Å². The largest absolute Gasteiger partial charge is 0.573 e. The van der Waals surface area contributed by atoms with Gasteiger partial charge in [0.25, 0.3) is 0 Å². The Labute approximate surface area is 262 Å². The quantitative estimate of drug-likeness (QED) is 0.225. The van der Waals surface area contributed by atoms with Crippen molar-refractivity contribution in [2.45, 2.75) is 52.9 Å². The highest BCUT2D eigenvalue weighted by molar-refractivity contribution is 8.15. The number of carbonyl (C=O) groups is 2. The Bertz CT molecular complexity index is 1710. The van der Waals surface area contributed by atoms with Crippen molar-refractivity contribution in [2.75, 3.05) is 10.7 Å². The van der Waals surface area contributed by atoms with Crippen LogP contribution in [0.1, 0.15) is 35.6 Å². The highest BCUT2D eigenvalue weighted by atomic mass is 32.2. The summed E-state index contributed by atoms with van der Waals surface area (Å²) in [5.41, 5.74) is 6.15. The van der Waals surface area contributed by atoms with E-state index in [1.807, 2.05) is 64.1 Å². The third-order valence-corrected chi connectivity index (χ3v) is 8.02. The van der Waals surface area contributed by atoms with Gasteiger partial charge >= 0.3 is 12.4 Å². The molecule has 2 heterocycles. The number of halogens is 3. The zero-order valence-electron chi connectivity index (χ0n) is 25.1. The van der Waals surface area contributed by atoms with E-state index in [0.717, 1.165) is 33.5 Å². The second-order valence-corrected chi connectivity index (χ2v) is 11.7. The van der Waals surface area contributed by atoms with E-state index in [1.54, 1.807) is 4.90 Å². The fraction of sp³-hybridized carbons (Fsp3) is 0.281. The summed E-state index contributed by atoms with van der Waals surface area (Å²) in [5, 5.41) is 7.71. The number of aryl methyl sites for hydroxylation is 4. The summed E-state index contributed by atoms with van der Waals surface area (Å²) >= 11 is 1.25. The van der Waals surface area contributed by atoms with Crippen LogP contribution in [0.3, 0.4) is 0 Å². The number of thioether (sulfide) groups is 1. The molecule has 1 N–H and O–H groups in total. The summed E-state index contributed by atoms with van der Waals surface area (Å²) in [4.78, 5) is 35.6. The molecule has 1 aromatic heterocycles. The molecule has 1 aliphatic heterocycles. The van der Waals surface area contributed by atoms with Crippen molar-refractivity contribution in [2.24, 2.45) is 4.99 Å². The van der Waals surface area contributed by atoms with Crippen LogP contribution >= 0.6 is 11.8 Å². The number of hydrogen-bond donors (Lipinski definition) is 1. The second-order valence-electron chi connectivity index (χ2n) is 10.8. The van der Waals surface area contributed by atoms with Crippen molar-refractivity contribution < 1.29 is 27.5 Å². The van der Waals surface area contributed by atoms with Gasteiger partial charge in [-0.1, -0.05) is 53.7 Å². The maximum Gasteiger partial charge on any atom is 0.573 e. The molecule has 1 fully saturated rings. The summed E-state index contributed by atoms with van der Waals surface area (Å²) in [6.07, 6.45) is -1.90. The van der Waals surface area contributed by atoms with Gasteiger partial charge in [0.05, 0.1) is 17.1 Å². The molecule has 234 valence electrons. The predicted octanol–water partition coefficient (Wildman–Crippen LogP) is 6.92. The van der Waals surface area contributed by atoms with Crippen LogP contribution < -0.4 is 15.0 Å². The van der Waals surface area contributed by atoms with Crippen molar-refractivity contribution in [3.8, 4) is 22.8 Å². The van der Waals surface area contributed by atoms with E-state index in [-0.39, 0.29) is 23.5 Å². The van der Waals surface area contributed by atoms with E-state index < -0.39 is 12.4 Å². The molecule has 45 heavy (non-hydrogen) atoms. The first-order valence-electron chi connectivity index (χ1n) is 14.2. The Morgan fingerprint density at radius 1 is 1.07 bits per heavy atom. The van der Waals surface area contributed by atoms with Crippen LogP contribution in [0.15, 0.2) is 72.0 Å². The third kappa shape index (κ3) is 7.90. The van der Waals surface area contributed by atoms with Gasteiger partial charge in [0, 0.05) is 11.6 Å². The summed E-state index contributed by atoms with van der Waals surface area (Å²) in [7, 11) is 0. The van der Waals surface area contributed by atoms with Crippen LogP contribution in [0.2, 0.25) is 0 Å². The van der Waals surface area contributed by atoms with Crippen molar-refractivity contribution in [1.29, 1.82) is 0 Å². The molecule has 4 aromatic rings. The van der Waals surface area contributed by atoms with Crippen molar-refractivity contribution >= 4 is 34.6 Å². The molecule has 0 bridgehead atoms. The third-order valence-electron chi connectivity index (χ3n) is 7.10. The zero-order chi connectivity index (χ0) is 32.3. The summed E-state index contributed by atoms with van der Waals surface area (Å²) < 4.78 is 42.6. The van der Waals surface area contributed by atoms with Gasteiger partial charge < -0.3 is 10.1 Å². The van der Waals surface area contributed by atoms with Gasteiger partial charge in [-0.25, -0.2) is 14.5 Å². The first-order chi connectivity index (χ1) is 21.4. The summed E-state index contributed by atoms with van der Waals surface area (Å²) in [6, 6.07) is 16.4. The molecule has 0 radical (unpaired) electrons. The van der Waals surface area contributed by atoms with Crippen LogP contribution in [0.4, 0.5) is 23.7 Å². The number of nitrogens with one attached hydrogen (secondary N) is 1.